The highest BCUT2D eigenvalue weighted by Crippen LogP contribution is 2.16. The second-order valence-corrected chi connectivity index (χ2v) is 5.62. The van der Waals surface area contributed by atoms with Crippen molar-refractivity contribution < 1.29 is 0 Å². The van der Waals surface area contributed by atoms with Crippen molar-refractivity contribution in [1.29, 1.82) is 0 Å². The minimum atomic E-state index is 0.607. The molecule has 1 aliphatic heterocycles. The minimum absolute atomic E-state index is 0.607. The molecule has 3 nitrogen and oxygen atoms in total. The quantitative estimate of drug-likeness (QED) is 0.833. The van der Waals surface area contributed by atoms with Gasteiger partial charge < -0.3 is 10.2 Å². The molecule has 2 rings (SSSR count). The van der Waals surface area contributed by atoms with E-state index in [0.29, 0.717) is 6.04 Å². The second-order valence-electron chi connectivity index (χ2n) is 5.62. The van der Waals surface area contributed by atoms with Crippen LogP contribution in [0.3, 0.4) is 0 Å². The Morgan fingerprint density at radius 3 is 2.89 bits per heavy atom. The van der Waals surface area contributed by atoms with E-state index in [2.05, 4.69) is 41.2 Å². The van der Waals surface area contributed by atoms with Gasteiger partial charge in [0.15, 0.2) is 0 Å². The van der Waals surface area contributed by atoms with Crippen LogP contribution in [0.1, 0.15) is 25.8 Å². The summed E-state index contributed by atoms with van der Waals surface area (Å²) in [5.74, 6) is 0.838. The van der Waals surface area contributed by atoms with E-state index in [4.69, 9.17) is 0 Å². The zero-order valence-corrected chi connectivity index (χ0v) is 11.6. The van der Waals surface area contributed by atoms with E-state index in [1.807, 2.05) is 12.4 Å². The lowest BCUT2D eigenvalue weighted by Gasteiger charge is -2.17. The predicted molar refractivity (Wildman–Crippen MR) is 75.6 cm³/mol. The molecule has 0 aliphatic carbocycles. The van der Waals surface area contributed by atoms with Crippen LogP contribution in [0, 0.1) is 5.92 Å². The van der Waals surface area contributed by atoms with Gasteiger partial charge in [0.25, 0.3) is 0 Å². The molecule has 1 atom stereocenters. The van der Waals surface area contributed by atoms with Crippen LogP contribution in [0.15, 0.2) is 24.5 Å². The molecule has 1 aromatic rings. The maximum atomic E-state index is 4.06. The molecule has 0 radical (unpaired) electrons. The second kappa shape index (κ2) is 6.86. The van der Waals surface area contributed by atoms with Gasteiger partial charge in [-0.15, -0.1) is 0 Å². The van der Waals surface area contributed by atoms with E-state index in [1.54, 1.807) is 0 Å². The smallest absolute Gasteiger partial charge is 0.0270 e. The number of rotatable bonds is 6. The first kappa shape index (κ1) is 13.5. The molecular weight excluding hydrogens is 222 g/mol. The van der Waals surface area contributed by atoms with E-state index in [1.165, 1.54) is 38.2 Å². The van der Waals surface area contributed by atoms with Gasteiger partial charge in [-0.05, 0) is 49.5 Å². The fourth-order valence-electron chi connectivity index (χ4n) is 2.52. The number of hydrogen-bond acceptors (Lipinski definition) is 3. The first-order valence-electron chi connectivity index (χ1n) is 7.08. The summed E-state index contributed by atoms with van der Waals surface area (Å²) in [6.45, 7) is 9.30. The van der Waals surface area contributed by atoms with E-state index in [0.717, 1.165) is 12.3 Å². The molecule has 18 heavy (non-hydrogen) atoms. The number of aromatic nitrogens is 1. The first-order valence-corrected chi connectivity index (χ1v) is 7.08. The summed E-state index contributed by atoms with van der Waals surface area (Å²) in [7, 11) is 0. The van der Waals surface area contributed by atoms with Crippen LogP contribution in [0.5, 0.6) is 0 Å². The van der Waals surface area contributed by atoms with Crippen LogP contribution < -0.4 is 5.32 Å². The average Bonchev–Trinajstić information content (AvgIpc) is 2.83. The zero-order chi connectivity index (χ0) is 12.8. The van der Waals surface area contributed by atoms with Gasteiger partial charge in [0, 0.05) is 31.5 Å². The van der Waals surface area contributed by atoms with Crippen molar-refractivity contribution in [2.24, 2.45) is 5.92 Å². The number of hydrogen-bond donors (Lipinski definition) is 1. The third-order valence-electron chi connectivity index (χ3n) is 3.65. The molecule has 1 aliphatic rings. The lowest BCUT2D eigenvalue weighted by atomic mass is 10.1. The summed E-state index contributed by atoms with van der Waals surface area (Å²) in [6, 6.07) is 4.85. The van der Waals surface area contributed by atoms with Crippen molar-refractivity contribution in [1.82, 2.24) is 15.2 Å². The standard InChI is InChI=1S/C15H25N3/c1-13(2)17-11-15-6-10-18(12-15)9-5-14-3-7-16-8-4-14/h3-4,7-8,13,15,17H,5-6,9-12H2,1-2H3. The maximum absolute atomic E-state index is 4.06. The van der Waals surface area contributed by atoms with Crippen LogP contribution in [0.25, 0.3) is 0 Å². The Hall–Kier alpha value is -0.930. The third kappa shape index (κ3) is 4.39. The number of nitrogens with one attached hydrogen (secondary N) is 1. The molecule has 1 fully saturated rings. The molecule has 3 heteroatoms. The average molecular weight is 247 g/mol. The molecular formula is C15H25N3. The van der Waals surface area contributed by atoms with Gasteiger partial charge >= 0.3 is 0 Å². The Labute approximate surface area is 111 Å². The van der Waals surface area contributed by atoms with E-state index >= 15 is 0 Å². The first-order chi connectivity index (χ1) is 8.74. The van der Waals surface area contributed by atoms with Crippen molar-refractivity contribution in [2.45, 2.75) is 32.7 Å². The van der Waals surface area contributed by atoms with E-state index in [-0.39, 0.29) is 0 Å². The lowest BCUT2D eigenvalue weighted by molar-refractivity contribution is 0.324. The normalized spacial score (nSPS) is 20.7. The summed E-state index contributed by atoms with van der Waals surface area (Å²) < 4.78 is 0. The van der Waals surface area contributed by atoms with Crippen molar-refractivity contribution in [2.75, 3.05) is 26.2 Å². The minimum Gasteiger partial charge on any atom is -0.314 e. The molecule has 1 N–H and O–H groups in total. The molecule has 0 amide bonds. The Bertz CT molecular complexity index is 337. The Morgan fingerprint density at radius 2 is 2.17 bits per heavy atom. The van der Waals surface area contributed by atoms with Gasteiger partial charge in [0.1, 0.15) is 0 Å². The van der Waals surface area contributed by atoms with Crippen LogP contribution >= 0.6 is 0 Å². The fourth-order valence-corrected chi connectivity index (χ4v) is 2.52. The highest BCUT2D eigenvalue weighted by atomic mass is 15.1. The molecule has 2 heterocycles. The van der Waals surface area contributed by atoms with Crippen LogP contribution in [0.4, 0.5) is 0 Å². The summed E-state index contributed by atoms with van der Waals surface area (Å²) in [4.78, 5) is 6.65. The highest BCUT2D eigenvalue weighted by Gasteiger charge is 2.21. The van der Waals surface area contributed by atoms with Gasteiger partial charge in [0.2, 0.25) is 0 Å². The maximum Gasteiger partial charge on any atom is 0.0270 e. The molecule has 0 saturated carbocycles. The fraction of sp³-hybridized carbons (Fsp3) is 0.667. The number of pyridine rings is 1. The van der Waals surface area contributed by atoms with E-state index in [9.17, 15) is 0 Å². The van der Waals surface area contributed by atoms with Gasteiger partial charge in [-0.25, -0.2) is 0 Å². The largest absolute Gasteiger partial charge is 0.314 e. The Balaban J connectivity index is 1.67. The van der Waals surface area contributed by atoms with Gasteiger partial charge in [-0.3, -0.25) is 4.98 Å². The monoisotopic (exact) mass is 247 g/mol. The van der Waals surface area contributed by atoms with E-state index < -0.39 is 0 Å². The van der Waals surface area contributed by atoms with Gasteiger partial charge in [-0.1, -0.05) is 13.8 Å². The summed E-state index contributed by atoms with van der Waals surface area (Å²) in [6.07, 6.45) is 6.26. The van der Waals surface area contributed by atoms with Gasteiger partial charge in [-0.2, -0.15) is 0 Å². The molecule has 1 saturated heterocycles. The number of nitrogens with zero attached hydrogens (tertiary/aromatic N) is 2. The molecule has 0 spiro atoms. The summed E-state index contributed by atoms with van der Waals surface area (Å²) >= 11 is 0. The van der Waals surface area contributed by atoms with Crippen molar-refractivity contribution in [3.05, 3.63) is 30.1 Å². The molecule has 100 valence electrons. The molecule has 0 bridgehead atoms. The zero-order valence-electron chi connectivity index (χ0n) is 11.6. The summed E-state index contributed by atoms with van der Waals surface area (Å²) in [5.41, 5.74) is 1.40. The Kier molecular flexibility index (Phi) is 5.14. The van der Waals surface area contributed by atoms with Crippen LogP contribution in [0.2, 0.25) is 0 Å². The lowest BCUT2D eigenvalue weighted by Crippen LogP contribution is -2.31. The van der Waals surface area contributed by atoms with Crippen molar-refractivity contribution >= 4 is 0 Å². The number of likely N-dealkylation sites (tertiary alicyclic amines) is 1. The SMILES string of the molecule is CC(C)NCC1CCN(CCc2ccncc2)C1. The van der Waals surface area contributed by atoms with Crippen molar-refractivity contribution in [3.8, 4) is 0 Å². The molecule has 0 aromatic carbocycles. The predicted octanol–water partition coefficient (Wildman–Crippen LogP) is 1.94. The van der Waals surface area contributed by atoms with Gasteiger partial charge in [0.05, 0.1) is 0 Å². The van der Waals surface area contributed by atoms with Crippen LogP contribution in [-0.4, -0.2) is 42.1 Å². The van der Waals surface area contributed by atoms with Crippen molar-refractivity contribution in [3.63, 3.8) is 0 Å². The molecule has 1 aromatic heterocycles. The third-order valence-corrected chi connectivity index (χ3v) is 3.65. The highest BCUT2D eigenvalue weighted by molar-refractivity contribution is 5.10. The summed E-state index contributed by atoms with van der Waals surface area (Å²) in [5, 5.41) is 3.55. The molecule has 1 unspecified atom stereocenters. The van der Waals surface area contributed by atoms with Crippen LogP contribution in [-0.2, 0) is 6.42 Å². The Morgan fingerprint density at radius 1 is 1.39 bits per heavy atom. The topological polar surface area (TPSA) is 28.2 Å².